The number of hydrogen-bond donors (Lipinski definition) is 1. The third kappa shape index (κ3) is 2.98. The van der Waals surface area contributed by atoms with Gasteiger partial charge in [0.15, 0.2) is 22.3 Å². The number of ether oxygens (including phenoxy) is 1. The average molecular weight is 393 g/mol. The van der Waals surface area contributed by atoms with Crippen LogP contribution >= 0.6 is 11.3 Å². The first kappa shape index (κ1) is 17.7. The smallest absolute Gasteiger partial charge is 0.274 e. The summed E-state index contributed by atoms with van der Waals surface area (Å²) >= 11 is 1.16. The van der Waals surface area contributed by atoms with E-state index in [1.807, 2.05) is 6.07 Å². The molecule has 0 radical (unpaired) electrons. The Kier molecular flexibility index (Phi) is 4.29. The molecule has 4 rings (SSSR count). The first-order chi connectivity index (χ1) is 13.5. The Hall–Kier alpha value is -3.70. The van der Waals surface area contributed by atoms with Crippen molar-refractivity contribution in [3.05, 3.63) is 74.4 Å². The fraction of sp³-hybridized carbons (Fsp3) is 0.0500. The van der Waals surface area contributed by atoms with E-state index in [9.17, 15) is 14.3 Å². The third-order valence-corrected chi connectivity index (χ3v) is 5.14. The Morgan fingerprint density at radius 2 is 2.18 bits per heavy atom. The number of halogens is 1. The molecule has 0 bridgehead atoms. The van der Waals surface area contributed by atoms with Crippen LogP contribution < -0.4 is 14.8 Å². The van der Waals surface area contributed by atoms with E-state index in [0.717, 1.165) is 23.0 Å². The Morgan fingerprint density at radius 1 is 1.36 bits per heavy atom. The lowest BCUT2D eigenvalue weighted by atomic mass is 10.1. The molecule has 8 heteroatoms. The SMILES string of the molecule is COc1cc(/C=c2\sc3nc(-c4cccc(C#N)c4)cn3c2=O)cc(F)c1O. The first-order valence-corrected chi connectivity index (χ1v) is 8.92. The van der Waals surface area contributed by atoms with E-state index in [4.69, 9.17) is 10.00 Å². The second kappa shape index (κ2) is 6.79. The van der Waals surface area contributed by atoms with Crippen molar-refractivity contribution >= 4 is 22.4 Å². The number of methoxy groups -OCH3 is 1. The minimum Gasteiger partial charge on any atom is -0.502 e. The van der Waals surface area contributed by atoms with E-state index in [1.165, 1.54) is 23.7 Å². The first-order valence-electron chi connectivity index (χ1n) is 8.11. The van der Waals surface area contributed by atoms with Crippen molar-refractivity contribution in [2.45, 2.75) is 0 Å². The van der Waals surface area contributed by atoms with Crippen molar-refractivity contribution < 1.29 is 14.2 Å². The number of nitrogens with zero attached hydrogens (tertiary/aromatic N) is 3. The maximum absolute atomic E-state index is 13.8. The van der Waals surface area contributed by atoms with Crippen LogP contribution in [0.2, 0.25) is 0 Å². The number of phenols is 1. The van der Waals surface area contributed by atoms with Gasteiger partial charge in [-0.25, -0.2) is 9.37 Å². The largest absolute Gasteiger partial charge is 0.502 e. The van der Waals surface area contributed by atoms with Gasteiger partial charge in [0.25, 0.3) is 5.56 Å². The minimum absolute atomic E-state index is 0.0142. The zero-order valence-electron chi connectivity index (χ0n) is 14.5. The molecule has 2 aromatic heterocycles. The zero-order chi connectivity index (χ0) is 19.8. The molecule has 0 aliphatic heterocycles. The van der Waals surface area contributed by atoms with E-state index in [1.54, 1.807) is 24.4 Å². The summed E-state index contributed by atoms with van der Waals surface area (Å²) in [7, 11) is 1.32. The van der Waals surface area contributed by atoms with E-state index < -0.39 is 11.6 Å². The lowest BCUT2D eigenvalue weighted by Gasteiger charge is -2.04. The maximum Gasteiger partial charge on any atom is 0.274 e. The number of fused-ring (bicyclic) bond motifs is 1. The van der Waals surface area contributed by atoms with Crippen LogP contribution in [0.25, 0.3) is 22.3 Å². The van der Waals surface area contributed by atoms with E-state index >= 15 is 0 Å². The average Bonchev–Trinajstić information content (AvgIpc) is 3.24. The van der Waals surface area contributed by atoms with Crippen molar-refractivity contribution in [2.75, 3.05) is 7.11 Å². The van der Waals surface area contributed by atoms with Crippen LogP contribution in [0.15, 0.2) is 47.4 Å². The van der Waals surface area contributed by atoms with Gasteiger partial charge in [-0.05, 0) is 35.9 Å². The summed E-state index contributed by atoms with van der Waals surface area (Å²) in [5, 5.41) is 18.6. The molecule has 28 heavy (non-hydrogen) atoms. The highest BCUT2D eigenvalue weighted by molar-refractivity contribution is 7.15. The van der Waals surface area contributed by atoms with Gasteiger partial charge in [0.1, 0.15) is 0 Å². The molecule has 0 aliphatic rings. The van der Waals surface area contributed by atoms with Crippen LogP contribution in [0.1, 0.15) is 11.1 Å². The molecule has 0 aliphatic carbocycles. The highest BCUT2D eigenvalue weighted by Gasteiger charge is 2.12. The van der Waals surface area contributed by atoms with Gasteiger partial charge in [0.2, 0.25) is 0 Å². The number of thiazole rings is 1. The zero-order valence-corrected chi connectivity index (χ0v) is 15.3. The topological polar surface area (TPSA) is 87.6 Å². The monoisotopic (exact) mass is 393 g/mol. The molecule has 0 unspecified atom stereocenters. The highest BCUT2D eigenvalue weighted by Crippen LogP contribution is 2.30. The fourth-order valence-corrected chi connectivity index (χ4v) is 3.76. The van der Waals surface area contributed by atoms with Gasteiger partial charge < -0.3 is 9.84 Å². The van der Waals surface area contributed by atoms with Crippen LogP contribution in [0.5, 0.6) is 11.5 Å². The van der Waals surface area contributed by atoms with Crippen LogP contribution in [0.4, 0.5) is 4.39 Å². The number of aromatic nitrogens is 2. The molecule has 138 valence electrons. The number of phenolic OH excluding ortho intramolecular Hbond substituents is 1. The maximum atomic E-state index is 13.8. The number of imidazole rings is 1. The van der Waals surface area contributed by atoms with E-state index in [2.05, 4.69) is 11.1 Å². The second-order valence-corrected chi connectivity index (χ2v) is 6.95. The quantitative estimate of drug-likeness (QED) is 0.578. The van der Waals surface area contributed by atoms with Gasteiger partial charge in [-0.15, -0.1) is 0 Å². The Morgan fingerprint density at radius 3 is 2.89 bits per heavy atom. The fourth-order valence-electron chi connectivity index (χ4n) is 2.80. The number of aromatic hydroxyl groups is 1. The summed E-state index contributed by atoms with van der Waals surface area (Å²) in [5.41, 5.74) is 1.93. The molecule has 0 amide bonds. The minimum atomic E-state index is -0.834. The molecule has 2 heterocycles. The Balaban J connectivity index is 1.81. The van der Waals surface area contributed by atoms with Gasteiger partial charge >= 0.3 is 0 Å². The van der Waals surface area contributed by atoms with Gasteiger partial charge in [-0.2, -0.15) is 5.26 Å². The van der Waals surface area contributed by atoms with E-state index in [0.29, 0.717) is 26.3 Å². The molecule has 2 aromatic carbocycles. The second-order valence-electron chi connectivity index (χ2n) is 5.94. The van der Waals surface area contributed by atoms with Crippen molar-refractivity contribution in [2.24, 2.45) is 0 Å². The lowest BCUT2D eigenvalue weighted by molar-refractivity contribution is 0.357. The molecule has 0 saturated carbocycles. The normalized spacial score (nSPS) is 11.7. The Labute approximate surface area is 162 Å². The summed E-state index contributed by atoms with van der Waals surface area (Å²) in [6.07, 6.45) is 3.13. The van der Waals surface area contributed by atoms with Crippen LogP contribution in [-0.2, 0) is 0 Å². The molecular formula is C20H12FN3O3S. The number of nitriles is 1. The Bertz CT molecular complexity index is 1370. The summed E-state index contributed by atoms with van der Waals surface area (Å²) in [4.78, 5) is 17.6. The summed E-state index contributed by atoms with van der Waals surface area (Å²) in [6, 6.07) is 11.6. The van der Waals surface area contributed by atoms with Crippen molar-refractivity contribution in [1.29, 1.82) is 5.26 Å². The van der Waals surface area contributed by atoms with Crippen molar-refractivity contribution in [3.8, 4) is 28.8 Å². The standard InChI is InChI=1S/C20H12FN3O3S/c1-27-16-7-12(6-14(21)18(16)25)8-17-19(26)24-10-15(23-20(24)28-17)13-4-2-3-11(5-13)9-22/h2-8,10,25H,1H3/b17-8-. The van der Waals surface area contributed by atoms with Crippen LogP contribution in [0, 0.1) is 17.1 Å². The van der Waals surface area contributed by atoms with E-state index in [-0.39, 0.29) is 11.3 Å². The molecule has 0 fully saturated rings. The lowest BCUT2D eigenvalue weighted by Crippen LogP contribution is -2.22. The van der Waals surface area contributed by atoms with Gasteiger partial charge in [0, 0.05) is 11.8 Å². The molecular weight excluding hydrogens is 381 g/mol. The highest BCUT2D eigenvalue weighted by atomic mass is 32.1. The van der Waals surface area contributed by atoms with Gasteiger partial charge in [-0.1, -0.05) is 23.5 Å². The van der Waals surface area contributed by atoms with Crippen LogP contribution in [0.3, 0.4) is 0 Å². The molecule has 1 N–H and O–H groups in total. The van der Waals surface area contributed by atoms with Gasteiger partial charge in [-0.3, -0.25) is 9.20 Å². The predicted octanol–water partition coefficient (Wildman–Crippen LogP) is 2.70. The molecule has 0 saturated heterocycles. The van der Waals surface area contributed by atoms with Crippen molar-refractivity contribution in [1.82, 2.24) is 9.38 Å². The predicted molar refractivity (Wildman–Crippen MR) is 103 cm³/mol. The summed E-state index contributed by atoms with van der Waals surface area (Å²) in [6.45, 7) is 0. The number of benzene rings is 2. The van der Waals surface area contributed by atoms with Crippen LogP contribution in [-0.4, -0.2) is 21.6 Å². The molecule has 0 spiro atoms. The molecule has 4 aromatic rings. The molecule has 0 atom stereocenters. The molecule has 6 nitrogen and oxygen atoms in total. The van der Waals surface area contributed by atoms with Crippen molar-refractivity contribution in [3.63, 3.8) is 0 Å². The van der Waals surface area contributed by atoms with Gasteiger partial charge in [0.05, 0.1) is 29.0 Å². The number of rotatable bonds is 3. The summed E-state index contributed by atoms with van der Waals surface area (Å²) in [5.74, 6) is -1.43. The third-order valence-electron chi connectivity index (χ3n) is 4.16. The summed E-state index contributed by atoms with van der Waals surface area (Å²) < 4.78 is 20.5. The number of hydrogen-bond acceptors (Lipinski definition) is 6.